The first-order valence-electron chi connectivity index (χ1n) is 6.65. The molecule has 0 bridgehead atoms. The van der Waals surface area contributed by atoms with Gasteiger partial charge in [0.05, 0.1) is 0 Å². The molecule has 0 spiro atoms. The minimum absolute atomic E-state index is 0.316. The lowest BCUT2D eigenvalue weighted by Gasteiger charge is -2.34. The molecule has 0 fully saturated rings. The highest BCUT2D eigenvalue weighted by atomic mass is 16.3. The Kier molecular flexibility index (Phi) is 5.49. The highest BCUT2D eigenvalue weighted by molar-refractivity contribution is 5.34. The molecule has 2 heteroatoms. The average molecular weight is 235 g/mol. The van der Waals surface area contributed by atoms with E-state index in [0.717, 1.165) is 24.9 Å². The van der Waals surface area contributed by atoms with Gasteiger partial charge in [0.15, 0.2) is 0 Å². The Morgan fingerprint density at radius 3 is 2.29 bits per heavy atom. The lowest BCUT2D eigenvalue weighted by molar-refractivity contribution is 0.147. The predicted molar refractivity (Wildman–Crippen MR) is 73.3 cm³/mol. The number of benzene rings is 1. The van der Waals surface area contributed by atoms with E-state index in [1.807, 2.05) is 18.2 Å². The van der Waals surface area contributed by atoms with Gasteiger partial charge in [-0.2, -0.15) is 0 Å². The Bertz CT molecular complexity index is 335. The molecule has 96 valence electrons. The van der Waals surface area contributed by atoms with Crippen LogP contribution in [-0.4, -0.2) is 22.6 Å². The van der Waals surface area contributed by atoms with E-state index < -0.39 is 0 Å². The van der Waals surface area contributed by atoms with E-state index in [0.29, 0.717) is 17.8 Å². The molecule has 17 heavy (non-hydrogen) atoms. The summed E-state index contributed by atoms with van der Waals surface area (Å²) in [4.78, 5) is 2.47. The number of hydrogen-bond acceptors (Lipinski definition) is 2. The largest absolute Gasteiger partial charge is 0.508 e. The highest BCUT2D eigenvalue weighted by Crippen LogP contribution is 2.32. The van der Waals surface area contributed by atoms with Crippen molar-refractivity contribution in [3.63, 3.8) is 0 Å². The maximum absolute atomic E-state index is 9.98. The average Bonchev–Trinajstić information content (AvgIpc) is 2.31. The van der Waals surface area contributed by atoms with E-state index in [1.165, 1.54) is 0 Å². The summed E-state index contributed by atoms with van der Waals surface area (Å²) >= 11 is 0. The molecule has 0 amide bonds. The molecular formula is C15H25NO. The van der Waals surface area contributed by atoms with Crippen LogP contribution in [0.3, 0.4) is 0 Å². The van der Waals surface area contributed by atoms with Crippen molar-refractivity contribution in [1.82, 2.24) is 4.90 Å². The van der Waals surface area contributed by atoms with Crippen LogP contribution in [0.1, 0.15) is 52.1 Å². The summed E-state index contributed by atoms with van der Waals surface area (Å²) in [5.74, 6) is 0.418. The molecule has 0 radical (unpaired) electrons. The first-order valence-corrected chi connectivity index (χ1v) is 6.65. The number of aromatic hydroxyl groups is 1. The standard InChI is InChI=1S/C15H25NO/c1-5-11-16(12(3)4)14(6-2)13-9-7-8-10-15(13)17/h7-10,12,14,17H,5-6,11H2,1-4H3. The Labute approximate surface area is 105 Å². The zero-order chi connectivity index (χ0) is 12.8. The van der Waals surface area contributed by atoms with Crippen molar-refractivity contribution in [1.29, 1.82) is 0 Å². The molecule has 0 saturated heterocycles. The quantitative estimate of drug-likeness (QED) is 0.806. The summed E-state index contributed by atoms with van der Waals surface area (Å²) in [6, 6.07) is 8.51. The lowest BCUT2D eigenvalue weighted by Crippen LogP contribution is -2.35. The zero-order valence-electron chi connectivity index (χ0n) is 11.5. The van der Waals surface area contributed by atoms with Crippen LogP contribution in [-0.2, 0) is 0 Å². The van der Waals surface area contributed by atoms with Crippen molar-refractivity contribution < 1.29 is 5.11 Å². The van der Waals surface area contributed by atoms with Crippen molar-refractivity contribution in [3.05, 3.63) is 29.8 Å². The molecule has 1 N–H and O–H groups in total. The molecule has 1 aromatic carbocycles. The van der Waals surface area contributed by atoms with Crippen molar-refractivity contribution in [2.24, 2.45) is 0 Å². The van der Waals surface area contributed by atoms with E-state index in [2.05, 4.69) is 32.6 Å². The molecule has 0 saturated carbocycles. The van der Waals surface area contributed by atoms with Crippen LogP contribution in [0.25, 0.3) is 0 Å². The summed E-state index contributed by atoms with van der Waals surface area (Å²) in [6.45, 7) is 9.90. The molecular weight excluding hydrogens is 210 g/mol. The van der Waals surface area contributed by atoms with Gasteiger partial charge in [0, 0.05) is 17.6 Å². The predicted octanol–water partition coefficient (Wildman–Crippen LogP) is 3.96. The third-order valence-electron chi connectivity index (χ3n) is 3.23. The van der Waals surface area contributed by atoms with Crippen LogP contribution in [0.4, 0.5) is 0 Å². The first kappa shape index (κ1) is 14.0. The highest BCUT2D eigenvalue weighted by Gasteiger charge is 2.22. The second kappa shape index (κ2) is 6.65. The van der Waals surface area contributed by atoms with Gasteiger partial charge in [0.1, 0.15) is 5.75 Å². The molecule has 0 aliphatic heterocycles. The number of phenols is 1. The minimum Gasteiger partial charge on any atom is -0.508 e. The van der Waals surface area contributed by atoms with Gasteiger partial charge in [-0.15, -0.1) is 0 Å². The fourth-order valence-electron chi connectivity index (χ4n) is 2.43. The summed E-state index contributed by atoms with van der Waals surface area (Å²) in [6.07, 6.45) is 2.16. The number of rotatable bonds is 6. The van der Waals surface area contributed by atoms with Crippen molar-refractivity contribution >= 4 is 0 Å². The summed E-state index contributed by atoms with van der Waals surface area (Å²) in [7, 11) is 0. The Balaban J connectivity index is 3.00. The molecule has 0 aliphatic rings. The smallest absolute Gasteiger partial charge is 0.120 e. The fourth-order valence-corrected chi connectivity index (χ4v) is 2.43. The lowest BCUT2D eigenvalue weighted by atomic mass is 10.00. The zero-order valence-corrected chi connectivity index (χ0v) is 11.5. The van der Waals surface area contributed by atoms with E-state index in [4.69, 9.17) is 0 Å². The van der Waals surface area contributed by atoms with E-state index in [-0.39, 0.29) is 0 Å². The van der Waals surface area contributed by atoms with Crippen molar-refractivity contribution in [2.45, 2.75) is 52.6 Å². The molecule has 0 aromatic heterocycles. The van der Waals surface area contributed by atoms with Gasteiger partial charge in [0.25, 0.3) is 0 Å². The number of para-hydroxylation sites is 1. The summed E-state index contributed by atoms with van der Waals surface area (Å²) in [5, 5.41) is 9.98. The maximum atomic E-state index is 9.98. The summed E-state index contributed by atoms with van der Waals surface area (Å²) < 4.78 is 0. The summed E-state index contributed by atoms with van der Waals surface area (Å²) in [5.41, 5.74) is 1.05. The van der Waals surface area contributed by atoms with Crippen LogP contribution in [0.5, 0.6) is 5.75 Å². The van der Waals surface area contributed by atoms with Gasteiger partial charge in [-0.1, -0.05) is 32.0 Å². The second-order valence-corrected chi connectivity index (χ2v) is 4.81. The Morgan fingerprint density at radius 1 is 1.18 bits per heavy atom. The molecule has 1 unspecified atom stereocenters. The van der Waals surface area contributed by atoms with E-state index in [9.17, 15) is 5.11 Å². The monoisotopic (exact) mass is 235 g/mol. The minimum atomic E-state index is 0.316. The molecule has 0 heterocycles. The molecule has 1 rings (SSSR count). The number of phenolic OH excluding ortho intramolecular Hbond substituents is 1. The van der Waals surface area contributed by atoms with E-state index >= 15 is 0 Å². The Morgan fingerprint density at radius 2 is 1.82 bits per heavy atom. The van der Waals surface area contributed by atoms with Gasteiger partial charge in [-0.25, -0.2) is 0 Å². The van der Waals surface area contributed by atoms with Gasteiger partial charge < -0.3 is 5.11 Å². The third kappa shape index (κ3) is 3.47. The Hall–Kier alpha value is -1.02. The third-order valence-corrected chi connectivity index (χ3v) is 3.23. The van der Waals surface area contributed by atoms with Gasteiger partial charge in [-0.05, 0) is 39.3 Å². The van der Waals surface area contributed by atoms with Crippen LogP contribution in [0.2, 0.25) is 0 Å². The fraction of sp³-hybridized carbons (Fsp3) is 0.600. The van der Waals surface area contributed by atoms with Crippen LogP contribution in [0, 0.1) is 0 Å². The molecule has 2 nitrogen and oxygen atoms in total. The van der Waals surface area contributed by atoms with Crippen molar-refractivity contribution in [3.8, 4) is 5.75 Å². The normalized spacial score (nSPS) is 13.3. The van der Waals surface area contributed by atoms with Gasteiger partial charge in [-0.3, -0.25) is 4.90 Å². The van der Waals surface area contributed by atoms with Crippen LogP contribution >= 0.6 is 0 Å². The molecule has 1 aromatic rings. The SMILES string of the molecule is CCCN(C(C)C)C(CC)c1ccccc1O. The molecule has 0 aliphatic carbocycles. The van der Waals surface area contributed by atoms with E-state index in [1.54, 1.807) is 6.07 Å². The topological polar surface area (TPSA) is 23.5 Å². The van der Waals surface area contributed by atoms with Crippen LogP contribution < -0.4 is 0 Å². The molecule has 1 atom stereocenters. The van der Waals surface area contributed by atoms with Crippen LogP contribution in [0.15, 0.2) is 24.3 Å². The van der Waals surface area contributed by atoms with Gasteiger partial charge >= 0.3 is 0 Å². The van der Waals surface area contributed by atoms with Crippen molar-refractivity contribution in [2.75, 3.05) is 6.54 Å². The maximum Gasteiger partial charge on any atom is 0.120 e. The number of nitrogens with zero attached hydrogens (tertiary/aromatic N) is 1. The van der Waals surface area contributed by atoms with Gasteiger partial charge in [0.2, 0.25) is 0 Å². The number of hydrogen-bond donors (Lipinski definition) is 1. The second-order valence-electron chi connectivity index (χ2n) is 4.81. The first-order chi connectivity index (χ1) is 8.11.